The summed E-state index contributed by atoms with van der Waals surface area (Å²) in [6.45, 7) is 0. The number of carbonyl (C=O) groups excluding carboxylic acids is 2. The number of aromatic nitrogens is 4. The first-order valence-corrected chi connectivity index (χ1v) is 9.50. The van der Waals surface area contributed by atoms with Crippen LogP contribution in [0.4, 0.5) is 0 Å². The Balaban J connectivity index is 0.000000181. The van der Waals surface area contributed by atoms with Crippen LogP contribution in [-0.4, -0.2) is 46.1 Å². The summed E-state index contributed by atoms with van der Waals surface area (Å²) in [4.78, 5) is 38.7. The number of ether oxygens (including phenoxy) is 2. The summed E-state index contributed by atoms with van der Waals surface area (Å²) in [7, 11) is 2.69. The monoisotopic (exact) mass is 428 g/mol. The van der Waals surface area contributed by atoms with Gasteiger partial charge in [-0.3, -0.25) is 19.9 Å². The number of rotatable bonds is 4. The summed E-state index contributed by atoms with van der Waals surface area (Å²) < 4.78 is 9.27. The quantitative estimate of drug-likeness (QED) is 0.451. The summed E-state index contributed by atoms with van der Waals surface area (Å²) in [5.41, 5.74) is 4.39. The molecule has 4 aromatic rings. The number of nitrogens with zero attached hydrogens (tertiary/aromatic N) is 4. The van der Waals surface area contributed by atoms with Crippen molar-refractivity contribution >= 4 is 11.9 Å². The van der Waals surface area contributed by atoms with E-state index in [0.29, 0.717) is 11.1 Å². The van der Waals surface area contributed by atoms with Gasteiger partial charge >= 0.3 is 11.9 Å². The molecule has 32 heavy (non-hydrogen) atoms. The Kier molecular flexibility index (Phi) is 7.69. The molecule has 0 aliphatic heterocycles. The molecule has 0 spiro atoms. The Morgan fingerprint density at radius 1 is 0.594 bits per heavy atom. The van der Waals surface area contributed by atoms with Gasteiger partial charge in [0.2, 0.25) is 0 Å². The van der Waals surface area contributed by atoms with Gasteiger partial charge in [-0.15, -0.1) is 0 Å². The summed E-state index contributed by atoms with van der Waals surface area (Å²) in [5, 5.41) is 0. The van der Waals surface area contributed by atoms with E-state index in [9.17, 15) is 9.59 Å². The second kappa shape index (κ2) is 11.1. The van der Waals surface area contributed by atoms with Gasteiger partial charge in [0.1, 0.15) is 0 Å². The molecule has 0 aliphatic rings. The normalized spacial score (nSPS) is 9.81. The molecule has 0 aromatic carbocycles. The predicted molar refractivity (Wildman–Crippen MR) is 118 cm³/mol. The van der Waals surface area contributed by atoms with Crippen LogP contribution in [0.1, 0.15) is 20.7 Å². The molecule has 4 aromatic heterocycles. The van der Waals surface area contributed by atoms with Crippen molar-refractivity contribution in [3.8, 4) is 22.3 Å². The second-order valence-corrected chi connectivity index (χ2v) is 6.39. The van der Waals surface area contributed by atoms with Crippen molar-refractivity contribution in [1.29, 1.82) is 0 Å². The van der Waals surface area contributed by atoms with Crippen LogP contribution in [0, 0.1) is 0 Å². The molecule has 8 nitrogen and oxygen atoms in total. The highest BCUT2D eigenvalue weighted by molar-refractivity contribution is 5.91. The Morgan fingerprint density at radius 2 is 1.00 bits per heavy atom. The summed E-state index contributed by atoms with van der Waals surface area (Å²) in [5.74, 6) is -0.781. The summed E-state index contributed by atoms with van der Waals surface area (Å²) in [6.07, 6.45) is 13.2. The molecule has 0 amide bonds. The van der Waals surface area contributed by atoms with E-state index >= 15 is 0 Å². The van der Waals surface area contributed by atoms with Crippen LogP contribution in [0.15, 0.2) is 86.0 Å². The highest BCUT2D eigenvalue weighted by Gasteiger charge is 2.08. The minimum Gasteiger partial charge on any atom is -0.465 e. The van der Waals surface area contributed by atoms with Gasteiger partial charge in [0.05, 0.1) is 25.3 Å². The van der Waals surface area contributed by atoms with Crippen LogP contribution < -0.4 is 0 Å². The van der Waals surface area contributed by atoms with Crippen molar-refractivity contribution in [3.05, 3.63) is 97.1 Å². The maximum Gasteiger partial charge on any atom is 0.339 e. The fraction of sp³-hybridized carbons (Fsp3) is 0.0833. The molecule has 0 N–H and O–H groups in total. The smallest absolute Gasteiger partial charge is 0.339 e. The first-order valence-electron chi connectivity index (χ1n) is 9.50. The van der Waals surface area contributed by atoms with Gasteiger partial charge in [-0.1, -0.05) is 12.1 Å². The second-order valence-electron chi connectivity index (χ2n) is 6.39. The molecule has 4 rings (SSSR count). The SMILES string of the molecule is COC(=O)c1cncc(-c2cccnc2)c1.COC(=O)c1cncc(-c2cccnc2)c1. The number of carbonyl (C=O) groups is 2. The molecule has 0 atom stereocenters. The van der Waals surface area contributed by atoms with E-state index in [-0.39, 0.29) is 0 Å². The molecule has 0 fully saturated rings. The molecule has 160 valence electrons. The van der Waals surface area contributed by atoms with E-state index < -0.39 is 11.9 Å². The number of hydrogen-bond donors (Lipinski definition) is 0. The van der Waals surface area contributed by atoms with Gasteiger partial charge < -0.3 is 9.47 Å². The lowest BCUT2D eigenvalue weighted by atomic mass is 10.1. The average Bonchev–Trinajstić information content (AvgIpc) is 2.89. The first-order chi connectivity index (χ1) is 15.6. The van der Waals surface area contributed by atoms with Gasteiger partial charge in [0, 0.05) is 71.8 Å². The third-order valence-electron chi connectivity index (χ3n) is 4.31. The molecule has 0 saturated carbocycles. The van der Waals surface area contributed by atoms with Crippen molar-refractivity contribution < 1.29 is 19.1 Å². The van der Waals surface area contributed by atoms with E-state index in [2.05, 4.69) is 29.4 Å². The summed E-state index contributed by atoms with van der Waals surface area (Å²) >= 11 is 0. The average molecular weight is 428 g/mol. The van der Waals surface area contributed by atoms with Gasteiger partial charge in [-0.25, -0.2) is 9.59 Å². The zero-order valence-electron chi connectivity index (χ0n) is 17.5. The van der Waals surface area contributed by atoms with E-state index in [4.69, 9.17) is 0 Å². The molecular formula is C24H20N4O4. The van der Waals surface area contributed by atoms with Crippen molar-refractivity contribution in [1.82, 2.24) is 19.9 Å². The van der Waals surface area contributed by atoms with E-state index in [0.717, 1.165) is 22.3 Å². The van der Waals surface area contributed by atoms with Crippen LogP contribution in [0.5, 0.6) is 0 Å². The number of esters is 2. The largest absolute Gasteiger partial charge is 0.465 e. The van der Waals surface area contributed by atoms with Crippen LogP contribution in [0.25, 0.3) is 22.3 Å². The maximum absolute atomic E-state index is 11.3. The van der Waals surface area contributed by atoms with Crippen molar-refractivity contribution in [2.75, 3.05) is 14.2 Å². The Morgan fingerprint density at radius 3 is 1.34 bits per heavy atom. The zero-order valence-corrected chi connectivity index (χ0v) is 17.5. The molecule has 0 aliphatic carbocycles. The minimum absolute atomic E-state index is 0.391. The minimum atomic E-state index is -0.391. The van der Waals surface area contributed by atoms with E-state index in [1.165, 1.54) is 26.6 Å². The van der Waals surface area contributed by atoms with Crippen LogP contribution in [0.2, 0.25) is 0 Å². The van der Waals surface area contributed by atoms with E-state index in [1.807, 2.05) is 24.3 Å². The van der Waals surface area contributed by atoms with Crippen LogP contribution in [0.3, 0.4) is 0 Å². The standard InChI is InChI=1S/2C12H10N2O2/c2*1-16-12(15)11-5-10(7-14-8-11)9-3-2-4-13-6-9/h2*2-8H,1H3. The molecule has 8 heteroatoms. The Labute approximate surface area is 184 Å². The molecule has 0 radical (unpaired) electrons. The van der Waals surface area contributed by atoms with Gasteiger partial charge in [0.15, 0.2) is 0 Å². The van der Waals surface area contributed by atoms with Crippen LogP contribution >= 0.6 is 0 Å². The fourth-order valence-corrected chi connectivity index (χ4v) is 2.72. The van der Waals surface area contributed by atoms with E-state index in [1.54, 1.807) is 49.3 Å². The van der Waals surface area contributed by atoms with Gasteiger partial charge in [-0.2, -0.15) is 0 Å². The van der Waals surface area contributed by atoms with Crippen molar-refractivity contribution in [3.63, 3.8) is 0 Å². The molecule has 0 unspecified atom stereocenters. The third-order valence-corrected chi connectivity index (χ3v) is 4.31. The predicted octanol–water partition coefficient (Wildman–Crippen LogP) is 3.86. The lowest BCUT2D eigenvalue weighted by molar-refractivity contribution is 0.0591. The number of methoxy groups -OCH3 is 2. The maximum atomic E-state index is 11.3. The molecule has 0 saturated heterocycles. The highest BCUT2D eigenvalue weighted by atomic mass is 16.5. The number of pyridine rings is 4. The molecule has 4 heterocycles. The number of hydrogen-bond acceptors (Lipinski definition) is 8. The van der Waals surface area contributed by atoms with Gasteiger partial charge in [0.25, 0.3) is 0 Å². The molecular weight excluding hydrogens is 408 g/mol. The molecule has 0 bridgehead atoms. The summed E-state index contributed by atoms with van der Waals surface area (Å²) in [6, 6.07) is 10.9. The highest BCUT2D eigenvalue weighted by Crippen LogP contribution is 2.19. The third kappa shape index (κ3) is 5.79. The fourth-order valence-electron chi connectivity index (χ4n) is 2.72. The van der Waals surface area contributed by atoms with Crippen molar-refractivity contribution in [2.45, 2.75) is 0 Å². The van der Waals surface area contributed by atoms with Gasteiger partial charge in [-0.05, 0) is 24.3 Å². The lowest BCUT2D eigenvalue weighted by Gasteiger charge is -2.02. The van der Waals surface area contributed by atoms with Crippen molar-refractivity contribution in [2.24, 2.45) is 0 Å². The Hall–Kier alpha value is -4.46. The Bertz CT molecular complexity index is 1090. The topological polar surface area (TPSA) is 104 Å². The lowest BCUT2D eigenvalue weighted by Crippen LogP contribution is -2.01. The first kappa shape index (κ1) is 22.2. The van der Waals surface area contributed by atoms with Crippen LogP contribution in [-0.2, 0) is 9.47 Å². The zero-order chi connectivity index (χ0) is 22.8.